The van der Waals surface area contributed by atoms with Crippen LogP contribution in [0.15, 0.2) is 55.0 Å². The molecule has 0 saturated heterocycles. The number of hydrogen-bond acceptors (Lipinski definition) is 6. The summed E-state index contributed by atoms with van der Waals surface area (Å²) in [5, 5.41) is 13.0. The Morgan fingerprint density at radius 2 is 2.04 bits per heavy atom. The van der Waals surface area contributed by atoms with Gasteiger partial charge in [-0.2, -0.15) is 0 Å². The third kappa shape index (κ3) is 3.41. The molecule has 2 aromatic heterocycles. The summed E-state index contributed by atoms with van der Waals surface area (Å²) in [5.74, 6) is -0.320. The molecule has 23 heavy (non-hydrogen) atoms. The molecule has 0 aliphatic rings. The monoisotopic (exact) mass is 311 g/mol. The Kier molecular flexibility index (Phi) is 4.11. The molecule has 0 spiro atoms. The molecule has 7 heteroatoms. The molecule has 2 heterocycles. The summed E-state index contributed by atoms with van der Waals surface area (Å²) in [5.41, 5.74) is 7.64. The first-order valence-electron chi connectivity index (χ1n) is 6.86. The van der Waals surface area contributed by atoms with Crippen molar-refractivity contribution < 1.29 is 9.50 Å². The SMILES string of the molecule is Nc1ncc(-c2cccnc2)nc1C(O)Nc1cccc(F)c1. The molecule has 4 N–H and O–H groups in total. The van der Waals surface area contributed by atoms with Crippen LogP contribution in [0, 0.1) is 5.82 Å². The van der Waals surface area contributed by atoms with Gasteiger partial charge in [0.05, 0.1) is 11.9 Å². The highest BCUT2D eigenvalue weighted by molar-refractivity contribution is 5.59. The number of pyridine rings is 1. The molecule has 116 valence electrons. The lowest BCUT2D eigenvalue weighted by molar-refractivity contribution is 0.204. The van der Waals surface area contributed by atoms with Crippen LogP contribution in [0.3, 0.4) is 0 Å². The predicted molar refractivity (Wildman–Crippen MR) is 84.7 cm³/mol. The lowest BCUT2D eigenvalue weighted by Gasteiger charge is -2.16. The topological polar surface area (TPSA) is 97.0 Å². The number of rotatable bonds is 4. The van der Waals surface area contributed by atoms with Crippen molar-refractivity contribution in [3.63, 3.8) is 0 Å². The van der Waals surface area contributed by atoms with E-state index in [1.54, 1.807) is 24.5 Å². The van der Waals surface area contributed by atoms with Crippen LogP contribution < -0.4 is 11.1 Å². The fraction of sp³-hybridized carbons (Fsp3) is 0.0625. The number of benzene rings is 1. The summed E-state index contributed by atoms with van der Waals surface area (Å²) in [6.07, 6.45) is 3.57. The van der Waals surface area contributed by atoms with Crippen LogP contribution in [0.1, 0.15) is 11.9 Å². The minimum absolute atomic E-state index is 0.0917. The number of aliphatic hydroxyl groups is 1. The highest BCUT2D eigenvalue weighted by Gasteiger charge is 2.15. The van der Waals surface area contributed by atoms with Crippen molar-refractivity contribution in [2.24, 2.45) is 0 Å². The number of nitrogens with zero attached hydrogens (tertiary/aromatic N) is 3. The van der Waals surface area contributed by atoms with E-state index in [-0.39, 0.29) is 11.5 Å². The molecule has 3 rings (SSSR count). The van der Waals surface area contributed by atoms with Crippen molar-refractivity contribution in [2.75, 3.05) is 11.1 Å². The molecule has 0 aliphatic heterocycles. The molecule has 1 atom stereocenters. The van der Waals surface area contributed by atoms with E-state index >= 15 is 0 Å². The molecule has 0 fully saturated rings. The lowest BCUT2D eigenvalue weighted by Crippen LogP contribution is -2.15. The van der Waals surface area contributed by atoms with Gasteiger partial charge < -0.3 is 16.2 Å². The zero-order chi connectivity index (χ0) is 16.2. The zero-order valence-corrected chi connectivity index (χ0v) is 12.0. The van der Waals surface area contributed by atoms with E-state index in [9.17, 15) is 9.50 Å². The average molecular weight is 311 g/mol. The second-order valence-corrected chi connectivity index (χ2v) is 4.82. The Labute approximate surface area is 131 Å². The Morgan fingerprint density at radius 3 is 2.78 bits per heavy atom. The van der Waals surface area contributed by atoms with Crippen molar-refractivity contribution in [1.29, 1.82) is 0 Å². The van der Waals surface area contributed by atoms with Crippen molar-refractivity contribution in [3.8, 4) is 11.3 Å². The fourth-order valence-electron chi connectivity index (χ4n) is 2.07. The maximum atomic E-state index is 13.2. The van der Waals surface area contributed by atoms with Gasteiger partial charge in [-0.25, -0.2) is 14.4 Å². The highest BCUT2D eigenvalue weighted by Crippen LogP contribution is 2.23. The Balaban J connectivity index is 1.89. The molecule has 0 aliphatic carbocycles. The number of aromatic nitrogens is 3. The van der Waals surface area contributed by atoms with Gasteiger partial charge in [0.1, 0.15) is 17.3 Å². The second kappa shape index (κ2) is 6.37. The summed E-state index contributed by atoms with van der Waals surface area (Å²) in [6.45, 7) is 0. The first-order valence-corrected chi connectivity index (χ1v) is 6.86. The van der Waals surface area contributed by atoms with E-state index in [1.807, 2.05) is 6.07 Å². The van der Waals surface area contributed by atoms with Gasteiger partial charge in [-0.15, -0.1) is 0 Å². The van der Waals surface area contributed by atoms with Crippen LogP contribution in [0.4, 0.5) is 15.9 Å². The number of anilines is 2. The molecule has 1 aromatic carbocycles. The summed E-state index contributed by atoms with van der Waals surface area (Å²) in [6, 6.07) is 9.33. The van der Waals surface area contributed by atoms with Crippen molar-refractivity contribution in [3.05, 3.63) is 66.5 Å². The summed E-state index contributed by atoms with van der Waals surface area (Å²) < 4.78 is 13.2. The van der Waals surface area contributed by atoms with Crippen LogP contribution >= 0.6 is 0 Å². The summed E-state index contributed by atoms with van der Waals surface area (Å²) in [4.78, 5) is 12.4. The number of aliphatic hydroxyl groups excluding tert-OH is 1. The molecular formula is C16H14FN5O. The van der Waals surface area contributed by atoms with Gasteiger partial charge in [-0.3, -0.25) is 4.98 Å². The van der Waals surface area contributed by atoms with E-state index in [4.69, 9.17) is 5.73 Å². The Hall–Kier alpha value is -3.06. The van der Waals surface area contributed by atoms with Gasteiger partial charge in [0.15, 0.2) is 6.23 Å². The van der Waals surface area contributed by atoms with Crippen molar-refractivity contribution in [2.45, 2.75) is 6.23 Å². The van der Waals surface area contributed by atoms with Crippen LogP contribution in [-0.4, -0.2) is 20.1 Å². The maximum Gasteiger partial charge on any atom is 0.171 e. The largest absolute Gasteiger partial charge is 0.382 e. The van der Waals surface area contributed by atoms with Gasteiger partial charge in [0, 0.05) is 23.6 Å². The third-order valence-corrected chi connectivity index (χ3v) is 3.17. The number of nitrogens with one attached hydrogen (secondary N) is 1. The molecule has 6 nitrogen and oxygen atoms in total. The number of nitrogens with two attached hydrogens (primary N) is 1. The Morgan fingerprint density at radius 1 is 1.17 bits per heavy atom. The van der Waals surface area contributed by atoms with Crippen molar-refractivity contribution >= 4 is 11.5 Å². The van der Waals surface area contributed by atoms with E-state index < -0.39 is 12.0 Å². The van der Waals surface area contributed by atoms with Crippen LogP contribution in [0.2, 0.25) is 0 Å². The van der Waals surface area contributed by atoms with E-state index in [1.165, 1.54) is 24.4 Å². The standard InChI is InChI=1S/C16H14FN5O/c17-11-4-1-5-12(7-11)21-16(23)14-15(18)20-9-13(22-14)10-3-2-6-19-8-10/h1-9,16,21,23H,(H2,18,20). The second-order valence-electron chi connectivity index (χ2n) is 4.82. The van der Waals surface area contributed by atoms with E-state index in [0.717, 1.165) is 5.56 Å². The van der Waals surface area contributed by atoms with Gasteiger partial charge in [0.25, 0.3) is 0 Å². The highest BCUT2D eigenvalue weighted by atomic mass is 19.1. The van der Waals surface area contributed by atoms with Gasteiger partial charge in [-0.1, -0.05) is 6.07 Å². The van der Waals surface area contributed by atoms with Crippen LogP contribution in [0.25, 0.3) is 11.3 Å². The smallest absolute Gasteiger partial charge is 0.171 e. The molecule has 0 radical (unpaired) electrons. The number of hydrogen-bond donors (Lipinski definition) is 3. The molecule has 0 saturated carbocycles. The van der Waals surface area contributed by atoms with E-state index in [2.05, 4.69) is 20.3 Å². The summed E-state index contributed by atoms with van der Waals surface area (Å²) >= 11 is 0. The molecule has 3 aromatic rings. The molecule has 1 unspecified atom stereocenters. The van der Waals surface area contributed by atoms with Gasteiger partial charge >= 0.3 is 0 Å². The minimum atomic E-state index is -1.22. The predicted octanol–water partition coefficient (Wildman–Crippen LogP) is 2.36. The van der Waals surface area contributed by atoms with Gasteiger partial charge in [-0.05, 0) is 30.3 Å². The number of halogens is 1. The minimum Gasteiger partial charge on any atom is -0.382 e. The molecule has 0 amide bonds. The third-order valence-electron chi connectivity index (χ3n) is 3.17. The lowest BCUT2D eigenvalue weighted by atomic mass is 10.2. The normalized spacial score (nSPS) is 11.9. The van der Waals surface area contributed by atoms with Crippen LogP contribution in [0.5, 0.6) is 0 Å². The van der Waals surface area contributed by atoms with E-state index in [0.29, 0.717) is 11.4 Å². The summed E-state index contributed by atoms with van der Waals surface area (Å²) in [7, 11) is 0. The quantitative estimate of drug-likeness (QED) is 0.640. The first-order chi connectivity index (χ1) is 11.1. The van der Waals surface area contributed by atoms with Crippen molar-refractivity contribution in [1.82, 2.24) is 15.0 Å². The first kappa shape index (κ1) is 14.9. The number of nitrogen functional groups attached to an aromatic ring is 1. The molecule has 0 bridgehead atoms. The fourth-order valence-corrected chi connectivity index (χ4v) is 2.07. The molecular weight excluding hydrogens is 297 g/mol. The zero-order valence-electron chi connectivity index (χ0n) is 12.0. The average Bonchev–Trinajstić information content (AvgIpc) is 2.56. The maximum absolute atomic E-state index is 13.2. The van der Waals surface area contributed by atoms with Gasteiger partial charge in [0.2, 0.25) is 0 Å². The Bertz CT molecular complexity index is 813. The van der Waals surface area contributed by atoms with Crippen LogP contribution in [-0.2, 0) is 0 Å².